The Morgan fingerprint density at radius 3 is 2.38 bits per heavy atom. The topological polar surface area (TPSA) is 203 Å². The number of ether oxygens (including phenoxy) is 1. The molecule has 4 N–H and O–H groups in total. The third-order valence-electron chi connectivity index (χ3n) is 13.7. The van der Waals surface area contributed by atoms with E-state index in [4.69, 9.17) is 4.74 Å². The number of halogens is 3. The van der Waals surface area contributed by atoms with Crippen LogP contribution in [0.5, 0.6) is 0 Å². The third-order valence-corrected chi connectivity index (χ3v) is 14.7. The summed E-state index contributed by atoms with van der Waals surface area (Å²) in [5, 5.41) is 34.2. The molecule has 0 bridgehead atoms. The van der Waals surface area contributed by atoms with Crippen molar-refractivity contribution in [2.24, 2.45) is 12.5 Å². The number of unbranched alkanes of at least 4 members (excludes halogenated alkanes) is 3. The Labute approximate surface area is 443 Å². The predicted octanol–water partition coefficient (Wildman–Crippen LogP) is 8.26. The highest BCUT2D eigenvalue weighted by Crippen LogP contribution is 2.35. The maximum absolute atomic E-state index is 14.1. The maximum atomic E-state index is 14.1. The Morgan fingerprint density at radius 1 is 0.908 bits per heavy atom. The van der Waals surface area contributed by atoms with Crippen LogP contribution in [0.3, 0.4) is 0 Å². The largest absolute Gasteiger partial charge is 0.416 e. The van der Waals surface area contributed by atoms with Crippen LogP contribution in [-0.2, 0) is 45.3 Å². The summed E-state index contributed by atoms with van der Waals surface area (Å²) in [5.74, 6) is -1.29. The average molecular weight is 1070 g/mol. The van der Waals surface area contributed by atoms with E-state index in [0.29, 0.717) is 61.6 Å². The van der Waals surface area contributed by atoms with Crippen molar-refractivity contribution in [2.45, 2.75) is 123 Å². The highest BCUT2D eigenvalue weighted by molar-refractivity contribution is 7.13. The highest BCUT2D eigenvalue weighted by Gasteiger charge is 2.44. The molecule has 4 atom stereocenters. The van der Waals surface area contributed by atoms with E-state index in [-0.39, 0.29) is 43.1 Å². The van der Waals surface area contributed by atoms with Crippen molar-refractivity contribution < 1.29 is 42.2 Å². The van der Waals surface area contributed by atoms with E-state index in [9.17, 15) is 37.5 Å². The summed E-state index contributed by atoms with van der Waals surface area (Å²) in [4.78, 5) is 61.0. The second-order valence-electron chi connectivity index (χ2n) is 20.6. The smallest absolute Gasteiger partial charge is 0.391 e. The number of hydrogen-bond donors (Lipinski definition) is 4. The molecule has 0 aliphatic carbocycles. The van der Waals surface area contributed by atoms with Crippen LogP contribution in [0.2, 0.25) is 0 Å². The van der Waals surface area contributed by atoms with Crippen molar-refractivity contribution in [3.8, 4) is 16.1 Å². The molecule has 76 heavy (non-hydrogen) atoms. The summed E-state index contributed by atoms with van der Waals surface area (Å²) < 4.78 is 50.7. The number of rotatable bonds is 22. The fourth-order valence-corrected chi connectivity index (χ4v) is 10.4. The molecule has 0 radical (unpaired) electrons. The first-order valence-corrected chi connectivity index (χ1v) is 26.6. The maximum Gasteiger partial charge on any atom is 0.416 e. The number of hydrogen-bond acceptors (Lipinski definition) is 11. The summed E-state index contributed by atoms with van der Waals surface area (Å²) in [6, 6.07) is 15.9. The van der Waals surface area contributed by atoms with Gasteiger partial charge in [0.05, 0.1) is 51.6 Å². The fraction of sp³-hybridized carbons (Fsp3) is 0.455. The quantitative estimate of drug-likeness (QED) is 0.0479. The predicted molar refractivity (Wildman–Crippen MR) is 283 cm³/mol. The number of nitrogens with zero attached hydrogens (tertiary/aromatic N) is 8. The summed E-state index contributed by atoms with van der Waals surface area (Å²) >= 11 is 1.57. The molecular formula is C55H66F3N11O6S. The molecule has 1 saturated heterocycles. The molecule has 404 valence electrons. The molecule has 2 unspecified atom stereocenters. The van der Waals surface area contributed by atoms with Gasteiger partial charge in [-0.05, 0) is 105 Å². The van der Waals surface area contributed by atoms with Crippen LogP contribution in [0.25, 0.3) is 38.1 Å². The van der Waals surface area contributed by atoms with Crippen molar-refractivity contribution in [2.75, 3.05) is 26.3 Å². The molecule has 1 aliphatic heterocycles. The van der Waals surface area contributed by atoms with E-state index in [1.54, 1.807) is 50.5 Å². The molecule has 8 rings (SSSR count). The minimum absolute atomic E-state index is 0.00145. The van der Waals surface area contributed by atoms with Gasteiger partial charge in [0.1, 0.15) is 12.1 Å². The zero-order valence-electron chi connectivity index (χ0n) is 43.7. The molecule has 4 aromatic heterocycles. The number of carbonyl (C=O) groups is 4. The second-order valence-corrected chi connectivity index (χ2v) is 21.5. The first-order chi connectivity index (χ1) is 36.2. The molecule has 0 spiro atoms. The number of nitrogens with one attached hydrogen (secondary N) is 3. The highest BCUT2D eigenvalue weighted by atomic mass is 32.1. The van der Waals surface area contributed by atoms with Crippen molar-refractivity contribution >= 4 is 56.9 Å². The number of fused-ring (bicyclic) bond motifs is 3. The van der Waals surface area contributed by atoms with E-state index in [2.05, 4.69) is 36.3 Å². The molecule has 4 amide bonds. The number of aromatic nitrogens is 7. The summed E-state index contributed by atoms with van der Waals surface area (Å²) in [6.07, 6.45) is 3.24. The Hall–Kier alpha value is -6.97. The van der Waals surface area contributed by atoms with Crippen LogP contribution >= 0.6 is 11.3 Å². The Balaban J connectivity index is 0.707. The second kappa shape index (κ2) is 23.9. The van der Waals surface area contributed by atoms with Crippen molar-refractivity contribution in [3.63, 3.8) is 0 Å². The molecule has 17 nitrogen and oxygen atoms in total. The number of β-amino-alcohol motifs (C(OH)–C–C–N with tert-alkyl or cyclic N) is 1. The number of aryl methyl sites for hydroxylation is 4. The van der Waals surface area contributed by atoms with Gasteiger partial charge < -0.3 is 30.7 Å². The first-order valence-electron chi connectivity index (χ1n) is 25.7. The summed E-state index contributed by atoms with van der Waals surface area (Å²) in [5.41, 5.74) is 6.41. The number of likely N-dealkylation sites (tertiary alicyclic amines) is 1. The van der Waals surface area contributed by atoms with Gasteiger partial charge >= 0.3 is 6.18 Å². The Bertz CT molecular complexity index is 3140. The van der Waals surface area contributed by atoms with Crippen LogP contribution < -0.4 is 16.0 Å². The van der Waals surface area contributed by atoms with E-state index in [0.717, 1.165) is 76.0 Å². The first kappa shape index (κ1) is 55.3. The zero-order chi connectivity index (χ0) is 54.3. The van der Waals surface area contributed by atoms with E-state index in [1.165, 1.54) is 17.0 Å². The lowest BCUT2D eigenvalue weighted by molar-refractivity contribution is -0.144. The van der Waals surface area contributed by atoms with Crippen LogP contribution in [-0.4, -0.2) is 112 Å². The lowest BCUT2D eigenvalue weighted by atomic mass is 9.85. The third kappa shape index (κ3) is 13.3. The van der Waals surface area contributed by atoms with Gasteiger partial charge in [-0.3, -0.25) is 33.1 Å². The average Bonchev–Trinajstić information content (AvgIpc) is 4.24. The summed E-state index contributed by atoms with van der Waals surface area (Å²) in [6.45, 7) is 11.3. The summed E-state index contributed by atoms with van der Waals surface area (Å²) in [7, 11) is 1.76. The zero-order valence-corrected chi connectivity index (χ0v) is 44.5. The number of amides is 4. The van der Waals surface area contributed by atoms with Crippen LogP contribution in [0.1, 0.15) is 112 Å². The van der Waals surface area contributed by atoms with Gasteiger partial charge in [-0.25, -0.2) is 4.98 Å². The molecule has 5 heterocycles. The number of aliphatic hydroxyl groups is 1. The number of alkyl halides is 3. The number of benzene rings is 3. The Kier molecular flexibility index (Phi) is 17.4. The van der Waals surface area contributed by atoms with Crippen molar-refractivity contribution in [3.05, 3.63) is 113 Å². The lowest BCUT2D eigenvalue weighted by Crippen LogP contribution is -2.57. The molecule has 1 fully saturated rings. The number of aliphatic hydroxyl groups excluding tert-OH is 1. The van der Waals surface area contributed by atoms with Gasteiger partial charge in [0, 0.05) is 80.5 Å². The molecule has 3 aromatic carbocycles. The van der Waals surface area contributed by atoms with E-state index < -0.39 is 41.2 Å². The van der Waals surface area contributed by atoms with Crippen LogP contribution in [0, 0.1) is 12.3 Å². The fourth-order valence-electron chi connectivity index (χ4n) is 9.59. The monoisotopic (exact) mass is 1070 g/mol. The van der Waals surface area contributed by atoms with Gasteiger partial charge in [-0.1, -0.05) is 56.7 Å². The number of thiazole rings is 1. The van der Waals surface area contributed by atoms with Crippen LogP contribution in [0.15, 0.2) is 84.6 Å². The van der Waals surface area contributed by atoms with E-state index >= 15 is 0 Å². The van der Waals surface area contributed by atoms with Gasteiger partial charge in [-0.2, -0.15) is 18.3 Å². The minimum atomic E-state index is -4.45. The molecule has 1 aliphatic rings. The van der Waals surface area contributed by atoms with Crippen LogP contribution in [0.4, 0.5) is 13.2 Å². The minimum Gasteiger partial charge on any atom is -0.391 e. The molecule has 0 saturated carbocycles. The molecule has 7 aromatic rings. The van der Waals surface area contributed by atoms with Crippen molar-refractivity contribution in [1.29, 1.82) is 0 Å². The SMILES string of the molecule is Cc1ncsc1-c1ccc(C(C)NC(=O)[C@@H]2C[C@@H](O)CN2C(=O)C(NC(=O)CCCCCc2cn(CCCCOCCNC(=O)c3ccc4c(c3)c3cn(C)nc3n4-c3ccc(C(F)(F)F)cc3)nn2)C(C)(C)C)cc1. The van der Waals surface area contributed by atoms with Gasteiger partial charge in [0.25, 0.3) is 5.91 Å². The normalized spacial score (nSPS) is 15.8. The van der Waals surface area contributed by atoms with E-state index in [1.807, 2.05) is 76.8 Å². The standard InChI is InChI=1S/C55H66F3N11O6S/c1-34(36-14-16-37(17-15-36)48-35(2)60-33-76-48)61-52(73)46-29-42(70)31-68(46)53(74)49(54(3,4)5)62-47(71)13-9-7-8-12-40-30-67(65-63-40)25-10-11-26-75-27-24-59-51(72)38-18-23-45-43(28-38)44-32-66(6)64-50(44)69(45)41-21-19-39(20-22-41)55(56,57)58/h14-23,28,30,32-34,42,46,49,70H,7-13,24-27,29,31H2,1-6H3,(H,59,72)(H,61,73)(H,62,71)/t34?,42-,46+,49?/m1/s1. The number of carbonyl (C=O) groups excluding carboxylic acids is 4. The molecular weight excluding hydrogens is 1000 g/mol. The lowest BCUT2D eigenvalue weighted by Gasteiger charge is -2.35. The van der Waals surface area contributed by atoms with Gasteiger partial charge in [0.15, 0.2) is 5.65 Å². The van der Waals surface area contributed by atoms with Gasteiger partial charge in [-0.15, -0.1) is 16.4 Å². The van der Waals surface area contributed by atoms with Gasteiger partial charge in [0.2, 0.25) is 17.7 Å². The van der Waals surface area contributed by atoms with Crippen molar-refractivity contribution in [1.82, 2.24) is 55.2 Å². The Morgan fingerprint density at radius 2 is 1.67 bits per heavy atom. The molecule has 21 heteroatoms.